The summed E-state index contributed by atoms with van der Waals surface area (Å²) in [6.07, 6.45) is 2.92. The molecule has 0 spiro atoms. The van der Waals surface area contributed by atoms with Crippen LogP contribution in [-0.4, -0.2) is 15.0 Å². The summed E-state index contributed by atoms with van der Waals surface area (Å²) in [5, 5.41) is 0.580. The number of rotatable bonds is 11. The second-order valence-corrected chi connectivity index (χ2v) is 19.5. The zero-order valence-corrected chi connectivity index (χ0v) is 45.4. The first-order chi connectivity index (χ1) is 42.5. The van der Waals surface area contributed by atoms with Crippen LogP contribution in [-0.2, 0) is 20.1 Å². The molecule has 80 heavy (non-hydrogen) atoms. The van der Waals surface area contributed by atoms with E-state index in [1.807, 2.05) is 109 Å². The van der Waals surface area contributed by atoms with Crippen LogP contribution in [0.4, 0.5) is 0 Å². The summed E-state index contributed by atoms with van der Waals surface area (Å²) in [4.78, 5) is 14.0. The molecule has 4 heteroatoms. The van der Waals surface area contributed by atoms with Crippen molar-refractivity contribution in [3.05, 3.63) is 296 Å². The molecule has 0 N–H and O–H groups in total. The van der Waals surface area contributed by atoms with Crippen molar-refractivity contribution in [3.8, 4) is 123 Å². The molecule has 3 heterocycles. The van der Waals surface area contributed by atoms with E-state index in [9.17, 15) is 0 Å². The van der Waals surface area contributed by atoms with Crippen LogP contribution in [0.25, 0.3) is 134 Å². The normalized spacial score (nSPS) is 13.2. The van der Waals surface area contributed by atoms with Crippen molar-refractivity contribution in [3.63, 3.8) is 0 Å². The van der Waals surface area contributed by atoms with Gasteiger partial charge >= 0.3 is 20.1 Å². The van der Waals surface area contributed by atoms with Gasteiger partial charge in [0.15, 0.2) is 0 Å². The van der Waals surface area contributed by atoms with Crippen LogP contribution in [0.5, 0.6) is 0 Å². The van der Waals surface area contributed by atoms with Gasteiger partial charge in [-0.15, -0.1) is 83.4 Å². The number of para-hydroxylation sites is 1. The van der Waals surface area contributed by atoms with Crippen LogP contribution in [0.15, 0.2) is 261 Å². The number of pyridine rings is 3. The second-order valence-electron chi connectivity index (χ2n) is 19.5. The molecule has 0 saturated heterocycles. The van der Waals surface area contributed by atoms with Crippen molar-refractivity contribution in [2.45, 2.75) is 20.6 Å². The van der Waals surface area contributed by atoms with Gasteiger partial charge in [0.1, 0.15) is 0 Å². The number of fused-ring (bicyclic) bond motifs is 1. The van der Waals surface area contributed by atoms with Crippen molar-refractivity contribution < 1.29 is 32.4 Å². The smallest absolute Gasteiger partial charge is 0.305 e. The van der Waals surface area contributed by atoms with E-state index in [1.165, 1.54) is 18.5 Å². The van der Waals surface area contributed by atoms with E-state index in [4.69, 9.17) is 17.3 Å². The molecule has 0 saturated carbocycles. The summed E-state index contributed by atoms with van der Waals surface area (Å²) in [6, 6.07) is 92.2. The van der Waals surface area contributed by atoms with Crippen LogP contribution in [0.1, 0.15) is 29.0 Å². The first kappa shape index (κ1) is 41.6. The largest absolute Gasteiger partial charge is 3.00 e. The van der Waals surface area contributed by atoms with Gasteiger partial charge < -0.3 is 9.97 Å². The Morgan fingerprint density at radius 2 is 0.863 bits per heavy atom. The van der Waals surface area contributed by atoms with Crippen LogP contribution < -0.4 is 0 Å². The maximum absolute atomic E-state index is 8.56. The van der Waals surface area contributed by atoms with Crippen molar-refractivity contribution in [2.75, 3.05) is 0 Å². The summed E-state index contributed by atoms with van der Waals surface area (Å²) < 4.78 is 73.2. The summed E-state index contributed by atoms with van der Waals surface area (Å²) in [7, 11) is 0. The van der Waals surface area contributed by atoms with E-state index in [2.05, 4.69) is 131 Å². The van der Waals surface area contributed by atoms with Gasteiger partial charge in [-0.2, -0.15) is 0 Å². The predicted octanol–water partition coefficient (Wildman–Crippen LogP) is 19.7. The van der Waals surface area contributed by atoms with E-state index in [0.717, 1.165) is 94.6 Å². The Morgan fingerprint density at radius 3 is 1.46 bits per heavy atom. The third kappa shape index (κ3) is 10.4. The Bertz CT molecular complexity index is 4720. The van der Waals surface area contributed by atoms with Gasteiger partial charge in [0, 0.05) is 30.1 Å². The monoisotopic (exact) mass is 1210 g/mol. The Morgan fingerprint density at radius 1 is 0.325 bits per heavy atom. The molecule has 0 aliphatic carbocycles. The topological polar surface area (TPSA) is 38.7 Å². The number of benzene rings is 10. The van der Waals surface area contributed by atoms with E-state index < -0.39 is 20.6 Å². The molecule has 0 aliphatic heterocycles. The Balaban J connectivity index is 0.00000769. The zero-order chi connectivity index (χ0) is 60.7. The van der Waals surface area contributed by atoms with E-state index in [-0.39, 0.29) is 36.8 Å². The van der Waals surface area contributed by atoms with Crippen LogP contribution in [0.2, 0.25) is 0 Å². The van der Waals surface area contributed by atoms with Gasteiger partial charge in [-0.05, 0) is 129 Å². The predicted molar refractivity (Wildman–Crippen MR) is 328 cm³/mol. The Labute approximate surface area is 495 Å². The molecule has 13 aromatic rings. The van der Waals surface area contributed by atoms with Gasteiger partial charge in [0.05, 0.1) is 5.52 Å². The molecule has 10 aromatic carbocycles. The third-order valence-electron chi connectivity index (χ3n) is 14.5. The van der Waals surface area contributed by atoms with E-state index in [0.29, 0.717) is 39.1 Å². The maximum atomic E-state index is 8.56. The molecule has 0 bridgehead atoms. The Hall–Kier alpha value is -9.44. The fourth-order valence-corrected chi connectivity index (χ4v) is 10.6. The third-order valence-corrected chi connectivity index (χ3v) is 14.5. The number of hydrogen-bond donors (Lipinski definition) is 0. The van der Waals surface area contributed by atoms with Gasteiger partial charge in [-0.1, -0.05) is 214 Å². The van der Waals surface area contributed by atoms with Gasteiger partial charge in [0.2, 0.25) is 0 Å². The van der Waals surface area contributed by atoms with E-state index in [1.54, 1.807) is 30.3 Å². The first-order valence-corrected chi connectivity index (χ1v) is 26.0. The molecular formula is C76H52IrN3. The van der Waals surface area contributed by atoms with Crippen LogP contribution >= 0.6 is 0 Å². The van der Waals surface area contributed by atoms with Gasteiger partial charge in [-0.3, -0.25) is 4.98 Å². The number of aryl methyl sites for hydroxylation is 3. The van der Waals surface area contributed by atoms with Crippen molar-refractivity contribution in [1.29, 1.82) is 0 Å². The molecule has 0 fully saturated rings. The minimum atomic E-state index is -2.39. The second kappa shape index (κ2) is 22.5. The van der Waals surface area contributed by atoms with Crippen LogP contribution in [0.3, 0.4) is 0 Å². The quantitative estimate of drug-likeness (QED) is 0.121. The number of nitrogens with zero attached hydrogens (tertiary/aromatic N) is 3. The average Bonchev–Trinajstić information content (AvgIpc) is 1.73. The average molecular weight is 1210 g/mol. The summed E-state index contributed by atoms with van der Waals surface area (Å²) in [5.74, 6) is 0. The molecule has 13 rings (SSSR count). The zero-order valence-electron chi connectivity index (χ0n) is 52.0. The molecule has 0 aliphatic rings. The molecule has 0 amide bonds. The van der Waals surface area contributed by atoms with Gasteiger partial charge in [0.25, 0.3) is 0 Å². The van der Waals surface area contributed by atoms with Gasteiger partial charge in [-0.25, -0.2) is 0 Å². The molecule has 380 valence electrons. The molecule has 0 radical (unpaired) electrons. The van der Waals surface area contributed by atoms with Crippen LogP contribution in [0, 0.1) is 38.8 Å². The minimum Gasteiger partial charge on any atom is -0.305 e. The minimum absolute atomic E-state index is 0. The maximum Gasteiger partial charge on any atom is 3.00 e. The number of aromatic nitrogens is 3. The van der Waals surface area contributed by atoms with E-state index >= 15 is 0 Å². The van der Waals surface area contributed by atoms with Crippen molar-refractivity contribution in [1.82, 2.24) is 15.0 Å². The first-order valence-electron chi connectivity index (χ1n) is 30.5. The molecule has 3 aromatic heterocycles. The fourth-order valence-electron chi connectivity index (χ4n) is 10.6. The molecule has 0 unspecified atom stereocenters. The van der Waals surface area contributed by atoms with Crippen molar-refractivity contribution in [2.24, 2.45) is 0 Å². The fraction of sp³-hybridized carbons (Fsp3) is 0.0395. The van der Waals surface area contributed by atoms with Crippen molar-refractivity contribution >= 4 is 10.9 Å². The standard InChI is InChI=1S/C76H52N3.Ir/c1-50-41-42-77-75(43-50)59-36-32-56(33-37-59)66-19-8-10-21-68(66)62-45-61(67-20-9-7-18-65(67)55-30-34-58(35-31-55)73-40-25-51(2)49-78-73)46-63(47-62)69-22-11-12-23-70(69)71-39-38-60(76-44-52(3)64-17-13-14-24-74(64)79-76)48-72(71)57-28-26-54(27-29-57)53-15-5-4-6-16-53;/h4-34,36,39-49H,1-3H3;/q-3;+3/i1D3,2D3,3D3;. The summed E-state index contributed by atoms with van der Waals surface area (Å²) in [6.45, 7) is -6.93. The summed E-state index contributed by atoms with van der Waals surface area (Å²) >= 11 is 0. The molecule has 0 atom stereocenters. The SMILES string of the molecule is [2H]C([2H])([2H])c1ccc(-c2[c-]cc(-c3ccccc3-c3cc(-c4ccccc4-c4c[c-]c(-c5cc(C([2H])([2H])[2H])ccn5)cc4)cc(-c4ccccc4-c4c[c-]c(-c5cc(C([2H])([2H])[2H])c6ccccc6n5)cc4-c4ccc(-c5ccccc5)cc4)c3)cc2)nc1.[Ir+3]. The molecule has 3 nitrogen and oxygen atoms in total. The number of hydrogen-bond acceptors (Lipinski definition) is 3. The summed E-state index contributed by atoms with van der Waals surface area (Å²) in [5.41, 5.74) is 20.2. The Kier molecular flexibility index (Phi) is 11.7. The molecular weight excluding hydrogens is 1150 g/mol.